The van der Waals surface area contributed by atoms with Gasteiger partial charge in [0.15, 0.2) is 0 Å². The van der Waals surface area contributed by atoms with E-state index in [9.17, 15) is 14.7 Å². The van der Waals surface area contributed by atoms with Gasteiger partial charge in [-0.05, 0) is 25.0 Å². The molecule has 1 aromatic carbocycles. The molecule has 2 fully saturated rings. The molecular formula is C17H22N2O4. The predicted octanol–water partition coefficient (Wildman–Crippen LogP) is 1.65. The van der Waals surface area contributed by atoms with E-state index < -0.39 is 11.5 Å². The van der Waals surface area contributed by atoms with Crippen LogP contribution >= 0.6 is 0 Å². The van der Waals surface area contributed by atoms with Gasteiger partial charge >= 0.3 is 5.97 Å². The summed E-state index contributed by atoms with van der Waals surface area (Å²) >= 11 is 0. The third-order valence-corrected chi connectivity index (χ3v) is 4.72. The van der Waals surface area contributed by atoms with Gasteiger partial charge < -0.3 is 20.1 Å². The zero-order valence-electron chi connectivity index (χ0n) is 13.1. The Morgan fingerprint density at radius 2 is 1.78 bits per heavy atom. The Labute approximate surface area is 135 Å². The lowest BCUT2D eigenvalue weighted by Crippen LogP contribution is -2.52. The lowest BCUT2D eigenvalue weighted by molar-refractivity contribution is -0.144. The largest absolute Gasteiger partial charge is 0.480 e. The highest BCUT2D eigenvalue weighted by Gasteiger charge is 2.43. The summed E-state index contributed by atoms with van der Waals surface area (Å²) in [6.07, 6.45) is 2.65. The number of ether oxygens (including phenoxy) is 1. The van der Waals surface area contributed by atoms with Gasteiger partial charge in [0, 0.05) is 18.8 Å². The molecule has 1 aliphatic carbocycles. The van der Waals surface area contributed by atoms with Crippen molar-refractivity contribution in [2.24, 2.45) is 0 Å². The van der Waals surface area contributed by atoms with Crippen LogP contribution in [0.3, 0.4) is 0 Å². The summed E-state index contributed by atoms with van der Waals surface area (Å²) < 4.78 is 5.36. The molecule has 6 heteroatoms. The molecule has 3 rings (SSSR count). The van der Waals surface area contributed by atoms with E-state index in [4.69, 9.17) is 4.74 Å². The van der Waals surface area contributed by atoms with E-state index in [1.54, 1.807) is 12.1 Å². The van der Waals surface area contributed by atoms with Crippen LogP contribution in [0.25, 0.3) is 0 Å². The van der Waals surface area contributed by atoms with Gasteiger partial charge in [0.05, 0.1) is 18.8 Å². The molecule has 0 spiro atoms. The van der Waals surface area contributed by atoms with Gasteiger partial charge in [-0.1, -0.05) is 25.0 Å². The van der Waals surface area contributed by atoms with Gasteiger partial charge in [0.25, 0.3) is 5.91 Å². The number of hydrogen-bond donors (Lipinski definition) is 2. The van der Waals surface area contributed by atoms with Crippen molar-refractivity contribution >= 4 is 17.6 Å². The number of carboxylic acid groups (broad SMARTS) is 1. The van der Waals surface area contributed by atoms with Gasteiger partial charge in [-0.2, -0.15) is 0 Å². The molecule has 0 atom stereocenters. The van der Waals surface area contributed by atoms with Crippen molar-refractivity contribution in [3.8, 4) is 0 Å². The molecule has 1 aromatic rings. The molecule has 2 aliphatic rings. The first kappa shape index (κ1) is 15.8. The van der Waals surface area contributed by atoms with Crippen LogP contribution in [-0.4, -0.2) is 48.8 Å². The molecule has 1 aliphatic heterocycles. The van der Waals surface area contributed by atoms with Gasteiger partial charge in [0.2, 0.25) is 0 Å². The summed E-state index contributed by atoms with van der Waals surface area (Å²) in [5, 5.41) is 12.3. The van der Waals surface area contributed by atoms with E-state index in [0.29, 0.717) is 31.6 Å². The van der Waals surface area contributed by atoms with Crippen LogP contribution in [0, 0.1) is 0 Å². The van der Waals surface area contributed by atoms with Crippen molar-refractivity contribution in [1.29, 1.82) is 0 Å². The van der Waals surface area contributed by atoms with Crippen LogP contribution in [0.4, 0.5) is 5.69 Å². The van der Waals surface area contributed by atoms with E-state index in [2.05, 4.69) is 10.2 Å². The minimum atomic E-state index is -1.12. The monoisotopic (exact) mass is 318 g/mol. The summed E-state index contributed by atoms with van der Waals surface area (Å²) in [5.74, 6) is -1.25. The standard InChI is InChI=1S/C17H22N2O4/c20-15(18-17(16(21)22)7-3-4-8-17)13-5-1-2-6-14(13)19-9-11-23-12-10-19/h1-2,5-6H,3-4,7-12H2,(H,18,20)(H,21,22). The molecule has 1 saturated carbocycles. The predicted molar refractivity (Wildman–Crippen MR) is 85.8 cm³/mol. The number of morpholine rings is 1. The van der Waals surface area contributed by atoms with Crippen molar-refractivity contribution in [3.05, 3.63) is 29.8 Å². The molecule has 23 heavy (non-hydrogen) atoms. The summed E-state index contributed by atoms with van der Waals surface area (Å²) in [6, 6.07) is 7.36. The van der Waals surface area contributed by atoms with Crippen molar-refractivity contribution in [2.75, 3.05) is 31.2 Å². The van der Waals surface area contributed by atoms with E-state index in [1.807, 2.05) is 12.1 Å². The fourth-order valence-electron chi connectivity index (χ4n) is 3.40. The van der Waals surface area contributed by atoms with E-state index >= 15 is 0 Å². The van der Waals surface area contributed by atoms with Gasteiger partial charge in [-0.15, -0.1) is 0 Å². The highest BCUT2D eigenvalue weighted by molar-refractivity contribution is 6.02. The first-order valence-electron chi connectivity index (χ1n) is 8.10. The van der Waals surface area contributed by atoms with Crippen molar-refractivity contribution in [3.63, 3.8) is 0 Å². The van der Waals surface area contributed by atoms with Crippen LogP contribution in [0.2, 0.25) is 0 Å². The maximum absolute atomic E-state index is 12.7. The molecule has 0 unspecified atom stereocenters. The summed E-state index contributed by atoms with van der Waals surface area (Å²) in [5.41, 5.74) is 0.253. The fraction of sp³-hybridized carbons (Fsp3) is 0.529. The average Bonchev–Trinajstić information content (AvgIpc) is 3.05. The molecule has 6 nitrogen and oxygen atoms in total. The average molecular weight is 318 g/mol. The van der Waals surface area contributed by atoms with E-state index in [0.717, 1.165) is 31.6 Å². The lowest BCUT2D eigenvalue weighted by atomic mass is 9.97. The molecule has 1 amide bonds. The van der Waals surface area contributed by atoms with Crippen molar-refractivity contribution in [2.45, 2.75) is 31.2 Å². The van der Waals surface area contributed by atoms with Gasteiger partial charge in [0.1, 0.15) is 5.54 Å². The quantitative estimate of drug-likeness (QED) is 0.882. The van der Waals surface area contributed by atoms with Crippen LogP contribution in [-0.2, 0) is 9.53 Å². The number of carboxylic acids is 1. The van der Waals surface area contributed by atoms with Crippen molar-refractivity contribution in [1.82, 2.24) is 5.32 Å². The second kappa shape index (κ2) is 6.58. The maximum atomic E-state index is 12.7. The first-order chi connectivity index (χ1) is 11.1. The Balaban J connectivity index is 1.83. The Morgan fingerprint density at radius 3 is 2.43 bits per heavy atom. The van der Waals surface area contributed by atoms with Gasteiger partial charge in [-0.25, -0.2) is 4.79 Å². The number of anilines is 1. The van der Waals surface area contributed by atoms with Crippen LogP contribution in [0.1, 0.15) is 36.0 Å². The SMILES string of the molecule is O=C(NC1(C(=O)O)CCCC1)c1ccccc1N1CCOCC1. The molecule has 0 aromatic heterocycles. The lowest BCUT2D eigenvalue weighted by Gasteiger charge is -2.31. The number of benzene rings is 1. The van der Waals surface area contributed by atoms with E-state index in [1.165, 1.54) is 0 Å². The topological polar surface area (TPSA) is 78.9 Å². The molecule has 2 N–H and O–H groups in total. The normalized spacial score (nSPS) is 20.3. The van der Waals surface area contributed by atoms with Crippen molar-refractivity contribution < 1.29 is 19.4 Å². The zero-order chi connectivity index (χ0) is 16.3. The molecule has 1 heterocycles. The summed E-state index contributed by atoms with van der Waals surface area (Å²) in [6.45, 7) is 2.73. The number of carbonyl (C=O) groups is 2. The van der Waals surface area contributed by atoms with Gasteiger partial charge in [-0.3, -0.25) is 4.79 Å². The Morgan fingerprint density at radius 1 is 1.13 bits per heavy atom. The third kappa shape index (κ3) is 3.17. The molecule has 124 valence electrons. The minimum Gasteiger partial charge on any atom is -0.480 e. The Hall–Kier alpha value is -2.08. The number of para-hydroxylation sites is 1. The number of nitrogens with zero attached hydrogens (tertiary/aromatic N) is 1. The number of nitrogens with one attached hydrogen (secondary N) is 1. The second-order valence-electron chi connectivity index (χ2n) is 6.17. The number of hydrogen-bond acceptors (Lipinski definition) is 4. The minimum absolute atomic E-state index is 0.309. The Kier molecular flexibility index (Phi) is 4.52. The highest BCUT2D eigenvalue weighted by Crippen LogP contribution is 2.31. The maximum Gasteiger partial charge on any atom is 0.329 e. The molecule has 0 radical (unpaired) electrons. The number of aliphatic carboxylic acids is 1. The second-order valence-corrected chi connectivity index (χ2v) is 6.17. The van der Waals surface area contributed by atoms with Crippen LogP contribution < -0.4 is 10.2 Å². The molecule has 1 saturated heterocycles. The highest BCUT2D eigenvalue weighted by atomic mass is 16.5. The summed E-state index contributed by atoms with van der Waals surface area (Å²) in [7, 11) is 0. The number of rotatable bonds is 4. The number of amides is 1. The molecular weight excluding hydrogens is 296 g/mol. The van der Waals surface area contributed by atoms with E-state index in [-0.39, 0.29) is 5.91 Å². The smallest absolute Gasteiger partial charge is 0.329 e. The molecule has 0 bridgehead atoms. The zero-order valence-corrected chi connectivity index (χ0v) is 13.1. The Bertz CT molecular complexity index is 590. The summed E-state index contributed by atoms with van der Waals surface area (Å²) in [4.78, 5) is 26.5. The number of carbonyl (C=O) groups excluding carboxylic acids is 1. The first-order valence-corrected chi connectivity index (χ1v) is 8.10. The van der Waals surface area contributed by atoms with Crippen LogP contribution in [0.5, 0.6) is 0 Å². The fourth-order valence-corrected chi connectivity index (χ4v) is 3.40. The third-order valence-electron chi connectivity index (χ3n) is 4.72. The van der Waals surface area contributed by atoms with Crippen LogP contribution in [0.15, 0.2) is 24.3 Å².